The molecule has 8 nitrogen and oxygen atoms in total. The summed E-state index contributed by atoms with van der Waals surface area (Å²) in [6.45, 7) is 3.32. The van der Waals surface area contributed by atoms with Gasteiger partial charge in [0.25, 0.3) is 5.91 Å². The van der Waals surface area contributed by atoms with E-state index in [-0.39, 0.29) is 4.90 Å². The molecule has 0 unspecified atom stereocenters. The van der Waals surface area contributed by atoms with Crippen molar-refractivity contribution in [3.63, 3.8) is 0 Å². The fraction of sp³-hybridized carbons (Fsp3) is 0.182. The van der Waals surface area contributed by atoms with Crippen LogP contribution in [0.1, 0.15) is 13.8 Å². The Morgan fingerprint density at radius 1 is 1.06 bits per heavy atom. The minimum absolute atomic E-state index is 0.108. The smallest absolute Gasteiger partial charge is 0.262 e. The van der Waals surface area contributed by atoms with Crippen molar-refractivity contribution in [2.75, 3.05) is 0 Å². The molecule has 0 saturated carbocycles. The minimum Gasteiger partial charge on any atom is -0.457 e. The first-order valence-electron chi connectivity index (χ1n) is 9.70. The fourth-order valence-corrected chi connectivity index (χ4v) is 5.36. The molecule has 0 aliphatic heterocycles. The highest BCUT2D eigenvalue weighted by Crippen LogP contribution is 2.35. The van der Waals surface area contributed by atoms with E-state index < -0.39 is 32.5 Å². The Morgan fingerprint density at radius 3 is 2.21 bits per heavy atom. The number of nitrogens with zero attached hydrogens (tertiary/aromatic N) is 1. The van der Waals surface area contributed by atoms with E-state index in [2.05, 4.69) is 9.71 Å². The second-order valence-corrected chi connectivity index (χ2v) is 10.8. The predicted molar refractivity (Wildman–Crippen MR) is 121 cm³/mol. The van der Waals surface area contributed by atoms with Crippen LogP contribution in [0.5, 0.6) is 11.5 Å². The highest BCUT2D eigenvalue weighted by Gasteiger charge is 2.40. The largest absolute Gasteiger partial charge is 0.457 e. The van der Waals surface area contributed by atoms with Gasteiger partial charge in [0, 0.05) is 10.9 Å². The van der Waals surface area contributed by atoms with E-state index in [1.165, 1.54) is 65.8 Å². The van der Waals surface area contributed by atoms with Gasteiger partial charge >= 0.3 is 0 Å². The molecule has 3 aromatic rings. The number of nitrogens with one attached hydrogen (secondary N) is 2. The molecule has 1 heterocycles. The maximum Gasteiger partial charge on any atom is 0.262 e. The average molecular weight is 492 g/mol. The van der Waals surface area contributed by atoms with E-state index in [0.29, 0.717) is 16.5 Å². The summed E-state index contributed by atoms with van der Waals surface area (Å²) in [6.07, 6.45) is 1.58. The highest BCUT2D eigenvalue weighted by molar-refractivity contribution is 8.00. The number of pyridine rings is 1. The normalized spacial score (nSPS) is 12.7. The number of ether oxygens (including phenoxy) is 1. The van der Waals surface area contributed by atoms with Gasteiger partial charge < -0.3 is 4.74 Å². The number of hydrogen-bond donors (Lipinski definition) is 3. The average Bonchev–Trinajstić information content (AvgIpc) is 2.79. The lowest BCUT2D eigenvalue weighted by molar-refractivity contribution is -0.131. The van der Waals surface area contributed by atoms with Crippen LogP contribution in [-0.2, 0) is 14.8 Å². The molecule has 0 saturated heterocycles. The first kappa shape index (κ1) is 24.6. The van der Waals surface area contributed by atoms with Crippen LogP contribution in [-0.4, -0.2) is 35.3 Å². The molecule has 3 rings (SSSR count). The number of amides is 1. The Morgan fingerprint density at radius 2 is 1.67 bits per heavy atom. The van der Waals surface area contributed by atoms with E-state index >= 15 is 0 Å². The Balaban J connectivity index is 1.79. The zero-order valence-electron chi connectivity index (χ0n) is 17.7. The van der Waals surface area contributed by atoms with Crippen molar-refractivity contribution in [2.24, 2.45) is 0 Å². The predicted octanol–water partition coefficient (Wildman–Crippen LogP) is 3.74. The molecule has 11 heteroatoms. The number of halogens is 1. The van der Waals surface area contributed by atoms with Gasteiger partial charge in [0.05, 0.1) is 9.92 Å². The van der Waals surface area contributed by atoms with Gasteiger partial charge in [-0.1, -0.05) is 17.8 Å². The molecule has 0 radical (unpaired) electrons. The summed E-state index contributed by atoms with van der Waals surface area (Å²) in [7, 11) is -4.15. The number of benzene rings is 2. The van der Waals surface area contributed by atoms with E-state index in [4.69, 9.17) is 4.74 Å². The van der Waals surface area contributed by atoms with Gasteiger partial charge in [-0.25, -0.2) is 23.3 Å². The second-order valence-electron chi connectivity index (χ2n) is 7.43. The SMILES string of the molecule is CC(C)(Sc1ccccn1)[C@H](NS(=O)(=O)c1ccc(Oc2ccc(F)cc2)cc1)C(=O)NO. The van der Waals surface area contributed by atoms with Crippen molar-refractivity contribution in [3.05, 3.63) is 78.7 Å². The van der Waals surface area contributed by atoms with Crippen LogP contribution in [0, 0.1) is 5.82 Å². The van der Waals surface area contributed by atoms with Gasteiger partial charge in [-0.15, -0.1) is 0 Å². The summed E-state index contributed by atoms with van der Waals surface area (Å²) >= 11 is 1.18. The Kier molecular flexibility index (Phi) is 7.69. The minimum atomic E-state index is -4.15. The lowest BCUT2D eigenvalue weighted by Crippen LogP contribution is -2.55. The molecule has 0 fully saturated rings. The lowest BCUT2D eigenvalue weighted by atomic mass is 10.0. The molecule has 2 aromatic carbocycles. The van der Waals surface area contributed by atoms with E-state index in [1.807, 2.05) is 0 Å². The number of carbonyl (C=O) groups is 1. The van der Waals surface area contributed by atoms with Crippen molar-refractivity contribution in [3.8, 4) is 11.5 Å². The third-order valence-electron chi connectivity index (χ3n) is 4.53. The molecule has 1 amide bonds. The van der Waals surface area contributed by atoms with E-state index in [0.717, 1.165) is 0 Å². The molecule has 33 heavy (non-hydrogen) atoms. The van der Waals surface area contributed by atoms with Crippen LogP contribution in [0.4, 0.5) is 4.39 Å². The number of sulfonamides is 1. The van der Waals surface area contributed by atoms with E-state index in [9.17, 15) is 22.8 Å². The van der Waals surface area contributed by atoms with Gasteiger partial charge in [0.1, 0.15) is 23.4 Å². The van der Waals surface area contributed by atoms with Crippen molar-refractivity contribution >= 4 is 27.7 Å². The second kappa shape index (κ2) is 10.3. The summed E-state index contributed by atoms with van der Waals surface area (Å²) in [4.78, 5) is 16.5. The summed E-state index contributed by atoms with van der Waals surface area (Å²) < 4.78 is 45.9. The van der Waals surface area contributed by atoms with E-state index in [1.54, 1.807) is 38.2 Å². The summed E-state index contributed by atoms with van der Waals surface area (Å²) in [5.74, 6) is -0.585. The number of aromatic nitrogens is 1. The van der Waals surface area contributed by atoms with Gasteiger partial charge in [-0.3, -0.25) is 10.0 Å². The third-order valence-corrected chi connectivity index (χ3v) is 7.18. The third kappa shape index (κ3) is 6.51. The summed E-state index contributed by atoms with van der Waals surface area (Å²) in [5.41, 5.74) is 1.53. The van der Waals surface area contributed by atoms with Gasteiger partial charge in [-0.05, 0) is 74.5 Å². The molecule has 3 N–H and O–H groups in total. The molecule has 1 aromatic heterocycles. The number of carbonyl (C=O) groups excluding carboxylic acids is 1. The van der Waals surface area contributed by atoms with Crippen LogP contribution in [0.25, 0.3) is 0 Å². The molecule has 0 bridgehead atoms. The standard InChI is InChI=1S/C22H22FN3O5S2/c1-22(2,32-19-5-3-4-14-24-19)20(21(27)25-28)26-33(29,30)18-12-10-17(11-13-18)31-16-8-6-15(23)7-9-16/h3-14,20,26,28H,1-2H3,(H,25,27)/t20-/m1/s1. The van der Waals surface area contributed by atoms with Crippen LogP contribution < -0.4 is 14.9 Å². The molecular formula is C22H22FN3O5S2. The monoisotopic (exact) mass is 491 g/mol. The molecule has 0 aliphatic rings. The Bertz CT molecular complexity index is 1190. The zero-order chi connectivity index (χ0) is 24.1. The van der Waals surface area contributed by atoms with Crippen LogP contribution in [0.15, 0.2) is 82.8 Å². The number of thioether (sulfide) groups is 1. The van der Waals surface area contributed by atoms with Crippen molar-refractivity contribution < 1.29 is 27.5 Å². The lowest BCUT2D eigenvalue weighted by Gasteiger charge is -2.32. The quantitative estimate of drug-likeness (QED) is 0.237. The molecule has 0 spiro atoms. The summed E-state index contributed by atoms with van der Waals surface area (Å²) in [6, 6.07) is 14.8. The van der Waals surface area contributed by atoms with Gasteiger partial charge in [-0.2, -0.15) is 4.72 Å². The first-order valence-corrected chi connectivity index (χ1v) is 12.0. The van der Waals surface area contributed by atoms with Crippen LogP contribution >= 0.6 is 11.8 Å². The van der Waals surface area contributed by atoms with Gasteiger partial charge in [0.2, 0.25) is 10.0 Å². The highest BCUT2D eigenvalue weighted by atomic mass is 32.2. The Labute approximate surface area is 195 Å². The topological polar surface area (TPSA) is 118 Å². The fourth-order valence-electron chi connectivity index (χ4n) is 2.86. The van der Waals surface area contributed by atoms with Gasteiger partial charge in [0.15, 0.2) is 0 Å². The molecular weight excluding hydrogens is 469 g/mol. The van der Waals surface area contributed by atoms with Crippen LogP contribution in [0.2, 0.25) is 0 Å². The summed E-state index contributed by atoms with van der Waals surface area (Å²) in [5, 5.41) is 9.78. The zero-order valence-corrected chi connectivity index (χ0v) is 19.4. The van der Waals surface area contributed by atoms with Crippen molar-refractivity contribution in [1.29, 1.82) is 0 Å². The number of hydrogen-bond acceptors (Lipinski definition) is 7. The maximum atomic E-state index is 13.0. The number of hydroxylamine groups is 1. The Hall–Kier alpha value is -2.99. The van der Waals surface area contributed by atoms with Crippen molar-refractivity contribution in [2.45, 2.75) is 34.6 Å². The van der Waals surface area contributed by atoms with Crippen molar-refractivity contribution in [1.82, 2.24) is 15.2 Å². The maximum absolute atomic E-state index is 13.0. The molecule has 174 valence electrons. The number of rotatable bonds is 9. The van der Waals surface area contributed by atoms with Crippen LogP contribution in [0.3, 0.4) is 0 Å². The molecule has 0 aliphatic carbocycles. The first-order chi connectivity index (χ1) is 15.6. The molecule has 1 atom stereocenters.